The Hall–Kier alpha value is -4.07. The second kappa shape index (κ2) is 17.6. The summed E-state index contributed by atoms with van der Waals surface area (Å²) in [5.41, 5.74) is 5.31. The maximum absolute atomic E-state index is 13.7. The van der Waals surface area contributed by atoms with E-state index in [1.54, 1.807) is 18.3 Å². The SMILES string of the molecule is CCOC(=O)C(C(=O)C(C)(C)SCc1ccc(CO)cc1)c1nc(-c2ccccc2)sc1C.Cc1sc(-c2ccccc2)nc1C1=C(O)C(C)(C)SC1=O. The number of carbonyl (C=O) groups is 3. The second-order valence-corrected chi connectivity index (χ2v) is 19.2. The highest BCUT2D eigenvalue weighted by molar-refractivity contribution is 8.16. The lowest BCUT2D eigenvalue weighted by atomic mass is 9.91. The number of thioether (sulfide) groups is 2. The van der Waals surface area contributed by atoms with E-state index in [0.29, 0.717) is 22.7 Å². The molecular weight excluding hydrogens is 757 g/mol. The minimum absolute atomic E-state index is 0.00339. The number of Topliss-reactive ketones (excluding diaryl/α,β-unsaturated/α-hetero) is 1. The highest BCUT2D eigenvalue weighted by Crippen LogP contribution is 2.47. The van der Waals surface area contributed by atoms with Crippen molar-refractivity contribution in [1.82, 2.24) is 9.97 Å². The number of aryl methyl sites for hydroxylation is 2. The molecule has 1 aliphatic rings. The van der Waals surface area contributed by atoms with E-state index in [1.165, 1.54) is 23.1 Å². The van der Waals surface area contributed by atoms with E-state index >= 15 is 0 Å². The van der Waals surface area contributed by atoms with Crippen molar-refractivity contribution in [2.75, 3.05) is 6.61 Å². The average Bonchev–Trinajstić information content (AvgIpc) is 3.79. The number of ether oxygens (including phenoxy) is 1. The van der Waals surface area contributed by atoms with Gasteiger partial charge in [0.25, 0.3) is 0 Å². The Kier molecular flexibility index (Phi) is 13.4. The van der Waals surface area contributed by atoms with Crippen LogP contribution in [-0.4, -0.2) is 53.1 Å². The largest absolute Gasteiger partial charge is 0.510 e. The first-order valence-electron chi connectivity index (χ1n) is 17.4. The van der Waals surface area contributed by atoms with Crippen molar-refractivity contribution in [3.63, 3.8) is 0 Å². The maximum atomic E-state index is 13.7. The van der Waals surface area contributed by atoms with Crippen molar-refractivity contribution in [3.05, 3.63) is 123 Å². The lowest BCUT2D eigenvalue weighted by Gasteiger charge is -2.26. The number of aliphatic hydroxyl groups excluding tert-OH is 2. The van der Waals surface area contributed by atoms with Gasteiger partial charge in [-0.1, -0.05) is 96.7 Å². The van der Waals surface area contributed by atoms with Gasteiger partial charge in [-0.25, -0.2) is 9.97 Å². The van der Waals surface area contributed by atoms with E-state index in [-0.39, 0.29) is 29.9 Å². The zero-order valence-corrected chi connectivity index (χ0v) is 34.6. The number of carbonyl (C=O) groups excluding carboxylic acids is 3. The summed E-state index contributed by atoms with van der Waals surface area (Å²) in [4.78, 5) is 50.0. The molecule has 282 valence electrons. The molecule has 5 aromatic rings. The molecule has 6 rings (SSSR count). The summed E-state index contributed by atoms with van der Waals surface area (Å²) >= 11 is 5.64. The van der Waals surface area contributed by atoms with E-state index in [2.05, 4.69) is 4.98 Å². The molecule has 54 heavy (non-hydrogen) atoms. The quantitative estimate of drug-likeness (QED) is 0.0930. The topological polar surface area (TPSA) is 127 Å². The maximum Gasteiger partial charge on any atom is 0.322 e. The van der Waals surface area contributed by atoms with Crippen molar-refractivity contribution >= 4 is 68.6 Å². The number of hydrogen-bond donors (Lipinski definition) is 2. The first-order valence-corrected chi connectivity index (χ1v) is 20.9. The summed E-state index contributed by atoms with van der Waals surface area (Å²) in [6.07, 6.45) is 0. The molecule has 3 heterocycles. The molecule has 0 bridgehead atoms. The summed E-state index contributed by atoms with van der Waals surface area (Å²) in [6, 6.07) is 27.2. The van der Waals surface area contributed by atoms with Gasteiger partial charge in [-0.05, 0) is 59.6 Å². The van der Waals surface area contributed by atoms with Gasteiger partial charge in [-0.2, -0.15) is 0 Å². The van der Waals surface area contributed by atoms with Crippen LogP contribution in [0.2, 0.25) is 0 Å². The minimum atomic E-state index is -1.07. The molecule has 0 fully saturated rings. The molecule has 0 spiro atoms. The van der Waals surface area contributed by atoms with Crippen molar-refractivity contribution in [1.29, 1.82) is 0 Å². The Morgan fingerprint density at radius 2 is 1.39 bits per heavy atom. The summed E-state index contributed by atoms with van der Waals surface area (Å²) in [7, 11) is 0. The number of hydrogen-bond acceptors (Lipinski definition) is 12. The number of aromatic nitrogens is 2. The van der Waals surface area contributed by atoms with Gasteiger partial charge in [0.15, 0.2) is 11.7 Å². The Balaban J connectivity index is 0.000000228. The van der Waals surface area contributed by atoms with E-state index in [9.17, 15) is 24.6 Å². The molecule has 0 saturated carbocycles. The van der Waals surface area contributed by atoms with E-state index in [1.807, 2.05) is 126 Å². The Morgan fingerprint density at radius 1 is 0.852 bits per heavy atom. The lowest BCUT2D eigenvalue weighted by molar-refractivity contribution is -0.148. The van der Waals surface area contributed by atoms with Gasteiger partial charge in [-0.3, -0.25) is 14.4 Å². The number of thiazole rings is 2. The number of ketones is 1. The fourth-order valence-electron chi connectivity index (χ4n) is 5.64. The van der Waals surface area contributed by atoms with Gasteiger partial charge in [0.1, 0.15) is 15.8 Å². The van der Waals surface area contributed by atoms with Crippen molar-refractivity contribution in [2.45, 2.75) is 76.2 Å². The molecule has 1 aliphatic heterocycles. The zero-order valence-electron chi connectivity index (χ0n) is 31.3. The van der Waals surface area contributed by atoms with Crippen LogP contribution >= 0.6 is 46.2 Å². The average molecular weight is 801 g/mol. The van der Waals surface area contributed by atoms with Crippen molar-refractivity contribution in [2.24, 2.45) is 0 Å². The lowest BCUT2D eigenvalue weighted by Crippen LogP contribution is -2.38. The number of nitrogens with zero attached hydrogens (tertiary/aromatic N) is 2. The smallest absolute Gasteiger partial charge is 0.322 e. The van der Waals surface area contributed by atoms with Crippen LogP contribution in [-0.2, 0) is 31.5 Å². The third-order valence-corrected chi connectivity index (χ3v) is 13.3. The fourth-order valence-corrected chi connectivity index (χ4v) is 9.46. The van der Waals surface area contributed by atoms with Crippen LogP contribution in [0.15, 0.2) is 90.7 Å². The molecule has 12 heteroatoms. The molecule has 8 nitrogen and oxygen atoms in total. The van der Waals surface area contributed by atoms with Crippen LogP contribution < -0.4 is 0 Å². The molecule has 2 aromatic heterocycles. The van der Waals surface area contributed by atoms with Gasteiger partial charge >= 0.3 is 5.97 Å². The summed E-state index contributed by atoms with van der Waals surface area (Å²) in [6.45, 7) is 13.1. The predicted octanol–water partition coefficient (Wildman–Crippen LogP) is 9.98. The normalized spacial score (nSPS) is 14.4. The highest BCUT2D eigenvalue weighted by atomic mass is 32.2. The van der Waals surface area contributed by atoms with Gasteiger partial charge in [0.2, 0.25) is 5.12 Å². The van der Waals surface area contributed by atoms with Crippen LogP contribution in [0.4, 0.5) is 0 Å². The van der Waals surface area contributed by atoms with Gasteiger partial charge in [0, 0.05) is 26.6 Å². The van der Waals surface area contributed by atoms with Crippen LogP contribution in [0.3, 0.4) is 0 Å². The molecular formula is C42H44N2O6S4. The third-order valence-electron chi connectivity index (χ3n) is 8.72. The third kappa shape index (κ3) is 9.41. The molecule has 0 radical (unpaired) electrons. The molecule has 0 amide bonds. The number of rotatable bonds is 12. The summed E-state index contributed by atoms with van der Waals surface area (Å²) in [5.74, 6) is -1.11. The van der Waals surface area contributed by atoms with E-state index in [0.717, 1.165) is 53.8 Å². The van der Waals surface area contributed by atoms with Crippen LogP contribution in [0.5, 0.6) is 0 Å². The van der Waals surface area contributed by atoms with Gasteiger partial charge in [-0.15, -0.1) is 34.4 Å². The first kappa shape index (κ1) is 41.1. The number of benzene rings is 3. The minimum Gasteiger partial charge on any atom is -0.510 e. The van der Waals surface area contributed by atoms with E-state index in [4.69, 9.17) is 9.72 Å². The Bertz CT molecular complexity index is 2140. The summed E-state index contributed by atoms with van der Waals surface area (Å²) in [5, 5.41) is 21.1. The molecule has 1 unspecified atom stereocenters. The Labute approximate surface area is 333 Å². The highest BCUT2D eigenvalue weighted by Gasteiger charge is 2.43. The molecule has 0 saturated heterocycles. The van der Waals surface area contributed by atoms with Crippen molar-refractivity contribution in [3.8, 4) is 21.1 Å². The molecule has 1 atom stereocenters. The van der Waals surface area contributed by atoms with E-state index < -0.39 is 21.4 Å². The molecule has 2 N–H and O–H groups in total. The number of aliphatic hydroxyl groups is 2. The monoisotopic (exact) mass is 800 g/mol. The molecule has 3 aromatic carbocycles. The molecule has 0 aliphatic carbocycles. The number of esters is 1. The van der Waals surface area contributed by atoms with Gasteiger partial charge < -0.3 is 14.9 Å². The standard InChI is InChI=1S/C26H29NO4S2.C16H15NO2S2/c1-5-31-25(30)21(22-17(2)33-24(27-22)20-9-7-6-8-10-20)23(29)26(3,4)32-16-19-13-11-18(15-28)12-14-19;1-9-12(11-13(18)16(2,3)21-15(11)19)17-14(20-9)10-7-5-4-6-8-10/h6-14,21,28H,5,15-16H2,1-4H3;4-8,18H,1-3H3. The second-order valence-electron chi connectivity index (χ2n) is 13.6. The van der Waals surface area contributed by atoms with Crippen LogP contribution in [0, 0.1) is 13.8 Å². The van der Waals surface area contributed by atoms with Crippen LogP contribution in [0.25, 0.3) is 26.7 Å². The van der Waals surface area contributed by atoms with Gasteiger partial charge in [0.05, 0.1) is 39.7 Å². The zero-order chi connectivity index (χ0) is 39.2. The van der Waals surface area contributed by atoms with Crippen molar-refractivity contribution < 1.29 is 29.3 Å². The predicted molar refractivity (Wildman–Crippen MR) is 223 cm³/mol. The first-order chi connectivity index (χ1) is 25.7. The summed E-state index contributed by atoms with van der Waals surface area (Å²) < 4.78 is 3.89. The Morgan fingerprint density at radius 3 is 1.91 bits per heavy atom. The van der Waals surface area contributed by atoms with Crippen LogP contribution in [0.1, 0.15) is 72.8 Å². The fraction of sp³-hybridized carbons (Fsp3) is 0.310.